The average Bonchev–Trinajstić information content (AvgIpc) is 2.80. The maximum absolute atomic E-state index is 13.9. The van der Waals surface area contributed by atoms with Crippen LogP contribution in [0.25, 0.3) is 0 Å². The Morgan fingerprint density at radius 1 is 1.29 bits per heavy atom. The van der Waals surface area contributed by atoms with E-state index in [1.54, 1.807) is 24.0 Å². The van der Waals surface area contributed by atoms with Gasteiger partial charge in [-0.1, -0.05) is 12.1 Å². The minimum Gasteiger partial charge on any atom is -0.388 e. The first kappa shape index (κ1) is 15.5. The van der Waals surface area contributed by atoms with Crippen molar-refractivity contribution in [2.24, 2.45) is 7.05 Å². The third kappa shape index (κ3) is 3.41. The molecule has 1 N–H and O–H groups in total. The van der Waals surface area contributed by atoms with Crippen LogP contribution in [0.2, 0.25) is 0 Å². The quantitative estimate of drug-likeness (QED) is 0.881. The molecule has 1 heterocycles. The van der Waals surface area contributed by atoms with Gasteiger partial charge in [-0.25, -0.2) is 4.39 Å². The van der Waals surface area contributed by atoms with Gasteiger partial charge in [-0.05, 0) is 25.0 Å². The van der Waals surface area contributed by atoms with E-state index in [4.69, 9.17) is 0 Å². The topological polar surface area (TPSA) is 38.0 Å². The third-order valence-electron chi connectivity index (χ3n) is 3.29. The second kappa shape index (κ2) is 5.85. The molecule has 114 valence electrons. The monoisotopic (exact) mass is 302 g/mol. The Hall–Kier alpha value is -1.89. The number of halogens is 4. The van der Waals surface area contributed by atoms with Crippen molar-refractivity contribution in [3.8, 4) is 0 Å². The lowest BCUT2D eigenvalue weighted by Gasteiger charge is -2.15. The van der Waals surface area contributed by atoms with Crippen molar-refractivity contribution < 1.29 is 22.7 Å². The van der Waals surface area contributed by atoms with Crippen molar-refractivity contribution in [3.63, 3.8) is 0 Å². The first-order chi connectivity index (χ1) is 9.80. The summed E-state index contributed by atoms with van der Waals surface area (Å²) in [5, 5.41) is 13.9. The predicted octanol–water partition coefficient (Wildman–Crippen LogP) is 3.24. The van der Waals surface area contributed by atoms with Gasteiger partial charge in [-0.3, -0.25) is 4.68 Å². The molecule has 0 fully saturated rings. The van der Waals surface area contributed by atoms with E-state index in [2.05, 4.69) is 5.10 Å². The lowest BCUT2D eigenvalue weighted by molar-refractivity contribution is -0.140. The molecule has 0 aliphatic carbocycles. The van der Waals surface area contributed by atoms with Crippen LogP contribution in [0.3, 0.4) is 0 Å². The fourth-order valence-electron chi connectivity index (χ4n) is 2.11. The molecular weight excluding hydrogens is 288 g/mol. The molecule has 21 heavy (non-hydrogen) atoms. The minimum absolute atomic E-state index is 0.109. The molecule has 0 saturated carbocycles. The molecular formula is C14H14F4N2O. The zero-order valence-corrected chi connectivity index (χ0v) is 11.2. The molecule has 0 amide bonds. The van der Waals surface area contributed by atoms with E-state index >= 15 is 0 Å². The Morgan fingerprint density at radius 2 is 2.00 bits per heavy atom. The number of hydrogen-bond donors (Lipinski definition) is 1. The number of rotatable bonds is 4. The zero-order valence-electron chi connectivity index (χ0n) is 11.2. The van der Waals surface area contributed by atoms with Gasteiger partial charge in [-0.2, -0.15) is 18.3 Å². The van der Waals surface area contributed by atoms with Gasteiger partial charge in [0.1, 0.15) is 5.82 Å². The average molecular weight is 302 g/mol. The van der Waals surface area contributed by atoms with Crippen LogP contribution < -0.4 is 0 Å². The Balaban J connectivity index is 2.16. The summed E-state index contributed by atoms with van der Waals surface area (Å²) in [4.78, 5) is 0. The van der Waals surface area contributed by atoms with Crippen LogP contribution >= 0.6 is 0 Å². The fourth-order valence-corrected chi connectivity index (χ4v) is 2.11. The first-order valence-corrected chi connectivity index (χ1v) is 6.31. The lowest BCUT2D eigenvalue weighted by Crippen LogP contribution is -2.12. The molecule has 3 nitrogen and oxygen atoms in total. The molecule has 0 bridgehead atoms. The summed E-state index contributed by atoms with van der Waals surface area (Å²) in [5.41, 5.74) is -0.895. The van der Waals surface area contributed by atoms with Gasteiger partial charge in [-0.15, -0.1) is 0 Å². The molecule has 0 aliphatic heterocycles. The molecule has 0 radical (unpaired) electrons. The van der Waals surface area contributed by atoms with Crippen LogP contribution in [-0.2, 0) is 19.6 Å². The maximum atomic E-state index is 13.9. The molecule has 1 aromatic carbocycles. The van der Waals surface area contributed by atoms with E-state index < -0.39 is 23.7 Å². The van der Waals surface area contributed by atoms with Crippen molar-refractivity contribution in [2.45, 2.75) is 25.1 Å². The van der Waals surface area contributed by atoms with Crippen molar-refractivity contribution >= 4 is 0 Å². The van der Waals surface area contributed by atoms with E-state index in [0.29, 0.717) is 12.5 Å². The smallest absolute Gasteiger partial charge is 0.388 e. The highest BCUT2D eigenvalue weighted by molar-refractivity contribution is 5.29. The summed E-state index contributed by atoms with van der Waals surface area (Å²) in [5.74, 6) is -1.41. The Bertz CT molecular complexity index is 622. The SMILES string of the molecule is Cn1nccc1CCC(O)c1cccc(C(F)(F)F)c1F. The molecule has 2 rings (SSSR count). The Morgan fingerprint density at radius 3 is 2.57 bits per heavy atom. The molecule has 1 atom stereocenters. The third-order valence-corrected chi connectivity index (χ3v) is 3.29. The van der Waals surface area contributed by atoms with Gasteiger partial charge in [0.05, 0.1) is 11.7 Å². The van der Waals surface area contributed by atoms with Crippen molar-refractivity contribution in [3.05, 3.63) is 53.1 Å². The van der Waals surface area contributed by atoms with Gasteiger partial charge in [0, 0.05) is 24.5 Å². The van der Waals surface area contributed by atoms with Crippen molar-refractivity contribution in [1.82, 2.24) is 9.78 Å². The van der Waals surface area contributed by atoms with Crippen LogP contribution in [-0.4, -0.2) is 14.9 Å². The molecule has 0 spiro atoms. The summed E-state index contributed by atoms with van der Waals surface area (Å²) in [6.07, 6.45) is -4.01. The van der Waals surface area contributed by atoms with Crippen LogP contribution in [0, 0.1) is 5.82 Å². The second-order valence-electron chi connectivity index (χ2n) is 4.71. The first-order valence-electron chi connectivity index (χ1n) is 6.31. The van der Waals surface area contributed by atoms with E-state index in [0.717, 1.165) is 11.8 Å². The standard InChI is InChI=1S/C14H14F4N2O/c1-20-9(7-8-19-20)5-6-12(21)10-3-2-4-11(13(10)15)14(16,17)18/h2-4,7-8,12,21H,5-6H2,1H3. The largest absolute Gasteiger partial charge is 0.419 e. The van der Waals surface area contributed by atoms with Gasteiger partial charge in [0.15, 0.2) is 0 Å². The highest BCUT2D eigenvalue weighted by Crippen LogP contribution is 2.34. The lowest BCUT2D eigenvalue weighted by atomic mass is 10.0. The van der Waals surface area contributed by atoms with Crippen LogP contribution in [0.1, 0.15) is 29.3 Å². The zero-order chi connectivity index (χ0) is 15.6. The molecule has 0 aliphatic rings. The van der Waals surface area contributed by atoms with Crippen molar-refractivity contribution in [1.29, 1.82) is 0 Å². The highest BCUT2D eigenvalue weighted by Gasteiger charge is 2.35. The number of aliphatic hydroxyl groups is 1. The normalized spacial score (nSPS) is 13.4. The summed E-state index contributed by atoms with van der Waals surface area (Å²) in [6.45, 7) is 0. The van der Waals surface area contributed by atoms with Crippen LogP contribution in [0.5, 0.6) is 0 Å². The van der Waals surface area contributed by atoms with E-state index in [9.17, 15) is 22.7 Å². The van der Waals surface area contributed by atoms with Crippen molar-refractivity contribution in [2.75, 3.05) is 0 Å². The maximum Gasteiger partial charge on any atom is 0.419 e. The highest BCUT2D eigenvalue weighted by atomic mass is 19.4. The molecule has 1 aromatic heterocycles. The Labute approximate surface area is 118 Å². The second-order valence-corrected chi connectivity index (χ2v) is 4.71. The predicted molar refractivity (Wildman–Crippen MR) is 67.9 cm³/mol. The van der Waals surface area contributed by atoms with Gasteiger partial charge in [0.25, 0.3) is 0 Å². The Kier molecular flexibility index (Phi) is 4.32. The fraction of sp³-hybridized carbons (Fsp3) is 0.357. The summed E-state index contributed by atoms with van der Waals surface area (Å²) in [7, 11) is 1.71. The van der Waals surface area contributed by atoms with Crippen LogP contribution in [0.4, 0.5) is 17.6 Å². The molecule has 1 unspecified atom stereocenters. The summed E-state index contributed by atoms with van der Waals surface area (Å²) in [6, 6.07) is 4.65. The van der Waals surface area contributed by atoms with Gasteiger partial charge in [0.2, 0.25) is 0 Å². The number of alkyl halides is 3. The molecule has 2 aromatic rings. The number of aryl methyl sites for hydroxylation is 2. The minimum atomic E-state index is -4.78. The summed E-state index contributed by atoms with van der Waals surface area (Å²) < 4.78 is 53.3. The number of aromatic nitrogens is 2. The number of hydrogen-bond acceptors (Lipinski definition) is 2. The molecule has 0 saturated heterocycles. The molecule has 7 heteroatoms. The van der Waals surface area contributed by atoms with E-state index in [1.165, 1.54) is 6.07 Å². The number of benzene rings is 1. The van der Waals surface area contributed by atoms with Gasteiger partial charge < -0.3 is 5.11 Å². The number of nitrogens with zero attached hydrogens (tertiary/aromatic N) is 2. The van der Waals surface area contributed by atoms with Crippen LogP contribution in [0.15, 0.2) is 30.5 Å². The van der Waals surface area contributed by atoms with E-state index in [-0.39, 0.29) is 12.0 Å². The van der Waals surface area contributed by atoms with Gasteiger partial charge >= 0.3 is 6.18 Å². The van der Waals surface area contributed by atoms with E-state index in [1.807, 2.05) is 0 Å². The number of aliphatic hydroxyl groups excluding tert-OH is 1. The summed E-state index contributed by atoms with van der Waals surface area (Å²) >= 11 is 0.